The summed E-state index contributed by atoms with van der Waals surface area (Å²) in [6.07, 6.45) is 1.81. The highest BCUT2D eigenvalue weighted by atomic mass is 32.2. The zero-order chi connectivity index (χ0) is 17.0. The first kappa shape index (κ1) is 17.8. The number of halogens is 2. The molecule has 0 aliphatic carbocycles. The van der Waals surface area contributed by atoms with Crippen LogP contribution in [0.1, 0.15) is 25.3 Å². The lowest BCUT2D eigenvalue weighted by Gasteiger charge is -2.28. The normalized spacial score (nSPS) is 22.1. The Morgan fingerprint density at radius 1 is 1.35 bits per heavy atom. The van der Waals surface area contributed by atoms with Gasteiger partial charge in [-0.15, -0.1) is 0 Å². The topological polar surface area (TPSA) is 75.3 Å². The van der Waals surface area contributed by atoms with E-state index in [1.807, 2.05) is 0 Å². The van der Waals surface area contributed by atoms with Crippen LogP contribution in [-0.2, 0) is 21.1 Å². The van der Waals surface area contributed by atoms with E-state index in [1.54, 1.807) is 0 Å². The molecule has 0 saturated carbocycles. The molecule has 0 bridgehead atoms. The van der Waals surface area contributed by atoms with E-state index in [4.69, 9.17) is 0 Å². The van der Waals surface area contributed by atoms with Crippen LogP contribution in [0.2, 0.25) is 0 Å². The number of alkyl halides is 2. The molecule has 2 rings (SSSR count). The zero-order valence-electron chi connectivity index (χ0n) is 12.8. The zero-order valence-corrected chi connectivity index (χ0v) is 13.6. The van der Waals surface area contributed by atoms with E-state index in [0.717, 1.165) is 31.5 Å². The van der Waals surface area contributed by atoms with Crippen molar-refractivity contribution in [2.24, 2.45) is 0 Å². The lowest BCUT2D eigenvalue weighted by Crippen LogP contribution is -2.46. The fourth-order valence-corrected chi connectivity index (χ4v) is 3.35. The highest BCUT2D eigenvalue weighted by molar-refractivity contribution is 7.91. The summed E-state index contributed by atoms with van der Waals surface area (Å²) in [5.74, 6) is -3.60. The van der Waals surface area contributed by atoms with Gasteiger partial charge in [0.05, 0.1) is 11.3 Å². The van der Waals surface area contributed by atoms with E-state index in [1.165, 1.54) is 12.1 Å². The molecule has 5 nitrogen and oxygen atoms in total. The Labute approximate surface area is 134 Å². The van der Waals surface area contributed by atoms with Gasteiger partial charge in [-0.05, 0) is 44.0 Å². The molecule has 1 aromatic rings. The Morgan fingerprint density at radius 2 is 2.00 bits per heavy atom. The molecular formula is C15H20F2N2O3S. The van der Waals surface area contributed by atoms with Crippen molar-refractivity contribution in [1.82, 2.24) is 10.6 Å². The summed E-state index contributed by atoms with van der Waals surface area (Å²) in [5, 5.41) is 6.24. The van der Waals surface area contributed by atoms with Crippen LogP contribution in [0.25, 0.3) is 0 Å². The molecule has 128 valence electrons. The molecule has 1 fully saturated rings. The van der Waals surface area contributed by atoms with Gasteiger partial charge in [-0.2, -0.15) is 8.78 Å². The molecule has 2 N–H and O–H groups in total. The minimum atomic E-state index is -4.59. The van der Waals surface area contributed by atoms with Gasteiger partial charge in [0.15, 0.2) is 0 Å². The van der Waals surface area contributed by atoms with Gasteiger partial charge in [-0.25, -0.2) is 8.42 Å². The second kappa shape index (κ2) is 7.35. The van der Waals surface area contributed by atoms with Crippen LogP contribution in [0, 0.1) is 0 Å². The molecule has 0 spiro atoms. The number of carbonyl (C=O) groups is 1. The fourth-order valence-electron chi connectivity index (χ4n) is 2.63. The predicted molar refractivity (Wildman–Crippen MR) is 82.0 cm³/mol. The molecule has 2 unspecified atom stereocenters. The maximum absolute atomic E-state index is 12.4. The first-order valence-corrected chi connectivity index (χ1v) is 8.97. The second-order valence-electron chi connectivity index (χ2n) is 5.77. The molecule has 0 aromatic heterocycles. The van der Waals surface area contributed by atoms with Crippen LogP contribution in [0.3, 0.4) is 0 Å². The highest BCUT2D eigenvalue weighted by Gasteiger charge is 2.26. The monoisotopic (exact) mass is 346 g/mol. The van der Waals surface area contributed by atoms with Gasteiger partial charge >= 0.3 is 5.76 Å². The van der Waals surface area contributed by atoms with E-state index < -0.39 is 20.5 Å². The van der Waals surface area contributed by atoms with E-state index >= 15 is 0 Å². The van der Waals surface area contributed by atoms with Gasteiger partial charge in [-0.3, -0.25) is 4.79 Å². The number of benzene rings is 1. The first-order chi connectivity index (χ1) is 10.8. The largest absolute Gasteiger partial charge is 0.353 e. The average molecular weight is 346 g/mol. The van der Waals surface area contributed by atoms with Crippen LogP contribution in [-0.4, -0.2) is 38.7 Å². The third kappa shape index (κ3) is 4.71. The van der Waals surface area contributed by atoms with E-state index in [0.29, 0.717) is 11.6 Å². The minimum absolute atomic E-state index is 0.0906. The van der Waals surface area contributed by atoms with Crippen LogP contribution >= 0.6 is 0 Å². The number of sulfone groups is 1. The molecule has 8 heteroatoms. The minimum Gasteiger partial charge on any atom is -0.353 e. The Morgan fingerprint density at radius 3 is 2.57 bits per heavy atom. The number of piperidine rings is 1. The molecule has 1 saturated heterocycles. The van der Waals surface area contributed by atoms with Gasteiger partial charge in [0.2, 0.25) is 15.7 Å². The van der Waals surface area contributed by atoms with Crippen molar-refractivity contribution in [3.8, 4) is 0 Å². The van der Waals surface area contributed by atoms with Crippen LogP contribution in [0.4, 0.5) is 8.78 Å². The summed E-state index contributed by atoms with van der Waals surface area (Å²) >= 11 is 0. The second-order valence-corrected chi connectivity index (χ2v) is 7.69. The third-order valence-corrected chi connectivity index (χ3v) is 5.24. The van der Waals surface area contributed by atoms with Gasteiger partial charge in [0, 0.05) is 12.1 Å². The fraction of sp³-hybridized carbons (Fsp3) is 0.533. The van der Waals surface area contributed by atoms with Crippen molar-refractivity contribution in [3.05, 3.63) is 29.8 Å². The van der Waals surface area contributed by atoms with Gasteiger partial charge in [0.25, 0.3) is 0 Å². The Kier molecular flexibility index (Phi) is 5.69. The van der Waals surface area contributed by atoms with Crippen LogP contribution in [0.15, 0.2) is 29.2 Å². The summed E-state index contributed by atoms with van der Waals surface area (Å²) in [7, 11) is -4.59. The summed E-state index contributed by atoms with van der Waals surface area (Å²) in [6, 6.07) is 5.47. The van der Waals surface area contributed by atoms with Crippen LogP contribution in [0.5, 0.6) is 0 Å². The highest BCUT2D eigenvalue weighted by Crippen LogP contribution is 2.19. The molecule has 1 aliphatic rings. The first-order valence-electron chi connectivity index (χ1n) is 7.43. The van der Waals surface area contributed by atoms with E-state index in [9.17, 15) is 22.0 Å². The number of amides is 1. The van der Waals surface area contributed by atoms with E-state index in [-0.39, 0.29) is 18.4 Å². The summed E-state index contributed by atoms with van der Waals surface area (Å²) < 4.78 is 47.5. The number of carbonyl (C=O) groups excluding carboxylic acids is 1. The summed E-state index contributed by atoms with van der Waals surface area (Å²) in [4.78, 5) is 11.6. The van der Waals surface area contributed by atoms with E-state index in [2.05, 4.69) is 17.6 Å². The molecule has 1 aromatic carbocycles. The molecule has 23 heavy (non-hydrogen) atoms. The van der Waals surface area contributed by atoms with Gasteiger partial charge in [0.1, 0.15) is 0 Å². The number of hydrogen-bond acceptors (Lipinski definition) is 4. The number of hydrogen-bond donors (Lipinski definition) is 2. The maximum Gasteiger partial charge on any atom is 0.341 e. The Bertz CT molecular complexity index is 647. The van der Waals surface area contributed by atoms with Crippen molar-refractivity contribution < 1.29 is 22.0 Å². The molecule has 2 atom stereocenters. The van der Waals surface area contributed by atoms with Crippen LogP contribution < -0.4 is 10.6 Å². The summed E-state index contributed by atoms with van der Waals surface area (Å²) in [5.41, 5.74) is 0.581. The van der Waals surface area contributed by atoms with Crippen molar-refractivity contribution >= 4 is 15.7 Å². The molecule has 1 amide bonds. The van der Waals surface area contributed by atoms with Crippen molar-refractivity contribution in [2.45, 2.75) is 48.9 Å². The van der Waals surface area contributed by atoms with Gasteiger partial charge < -0.3 is 10.6 Å². The van der Waals surface area contributed by atoms with Gasteiger partial charge in [-0.1, -0.05) is 12.1 Å². The van der Waals surface area contributed by atoms with Crippen molar-refractivity contribution in [1.29, 1.82) is 0 Å². The molecular weight excluding hydrogens is 326 g/mol. The molecule has 1 aliphatic heterocycles. The summed E-state index contributed by atoms with van der Waals surface area (Å²) in [6.45, 7) is 2.91. The standard InChI is InChI=1S/C15H20F2N2O3S/c1-10-8-12(6-7-18-10)19-14(20)9-11-2-4-13(5-3-11)23(21,22)15(16)17/h2-5,10,12,15,18H,6-9H2,1H3,(H,19,20). The molecule has 0 radical (unpaired) electrons. The Balaban J connectivity index is 1.94. The van der Waals surface area contributed by atoms with Crippen molar-refractivity contribution in [2.75, 3.05) is 6.54 Å². The quantitative estimate of drug-likeness (QED) is 0.847. The smallest absolute Gasteiger partial charge is 0.341 e. The third-order valence-electron chi connectivity index (χ3n) is 3.84. The lowest BCUT2D eigenvalue weighted by atomic mass is 10.0. The number of nitrogens with one attached hydrogen (secondary N) is 2. The maximum atomic E-state index is 12.4. The lowest BCUT2D eigenvalue weighted by molar-refractivity contribution is -0.121. The Hall–Kier alpha value is -1.54. The SMILES string of the molecule is CC1CC(NC(=O)Cc2ccc(S(=O)(=O)C(F)F)cc2)CCN1. The predicted octanol–water partition coefficient (Wildman–Crippen LogP) is 1.48. The average Bonchev–Trinajstić information content (AvgIpc) is 2.47. The molecule has 1 heterocycles. The van der Waals surface area contributed by atoms with Crippen molar-refractivity contribution in [3.63, 3.8) is 0 Å². The number of rotatable bonds is 5.